The summed E-state index contributed by atoms with van der Waals surface area (Å²) in [4.78, 5) is 0. The van der Waals surface area contributed by atoms with Crippen molar-refractivity contribution in [1.29, 1.82) is 0 Å². The minimum Gasteiger partial charge on any atom is -0.378 e. The van der Waals surface area contributed by atoms with Gasteiger partial charge in [0.25, 0.3) is 0 Å². The van der Waals surface area contributed by atoms with Crippen LogP contribution in [0.1, 0.15) is 23.1 Å². The van der Waals surface area contributed by atoms with E-state index in [0.29, 0.717) is 0 Å². The highest BCUT2D eigenvalue weighted by molar-refractivity contribution is 7.81. The van der Waals surface area contributed by atoms with E-state index in [0.717, 1.165) is 13.2 Å². The Labute approximate surface area is 89.9 Å². The van der Waals surface area contributed by atoms with Crippen molar-refractivity contribution in [2.75, 3.05) is 13.2 Å². The number of hydrogen-bond acceptors (Lipinski definition) is 2. The molecule has 2 heteroatoms. The zero-order valence-electron chi connectivity index (χ0n) is 8.12. The summed E-state index contributed by atoms with van der Waals surface area (Å²) in [5, 5.41) is 0. The zero-order chi connectivity index (χ0) is 9.60. The van der Waals surface area contributed by atoms with E-state index in [1.54, 1.807) is 0 Å². The van der Waals surface area contributed by atoms with Gasteiger partial charge in [0.05, 0.1) is 18.0 Å². The van der Waals surface area contributed by atoms with Crippen molar-refractivity contribution in [2.24, 2.45) is 0 Å². The molecule has 1 heterocycles. The first-order chi connectivity index (χ1) is 6.78. The quantitative estimate of drug-likeness (QED) is 0.694. The van der Waals surface area contributed by atoms with Crippen molar-refractivity contribution in [2.45, 2.75) is 24.0 Å². The molecule has 0 amide bonds. The van der Waals surface area contributed by atoms with E-state index in [1.165, 1.54) is 36.0 Å². The monoisotopic (exact) mass is 206 g/mol. The fourth-order valence-electron chi connectivity index (χ4n) is 2.32. The Kier molecular flexibility index (Phi) is 1.89. The Morgan fingerprint density at radius 3 is 2.64 bits per heavy atom. The van der Waals surface area contributed by atoms with Gasteiger partial charge in [0.1, 0.15) is 0 Å². The van der Waals surface area contributed by atoms with Crippen molar-refractivity contribution in [3.05, 3.63) is 34.9 Å². The molecular weight excluding hydrogens is 192 g/mol. The third-order valence-electron chi connectivity index (χ3n) is 3.32. The highest BCUT2D eigenvalue weighted by Crippen LogP contribution is 2.37. The molecule has 1 fully saturated rings. The Balaban J connectivity index is 2.00. The van der Waals surface area contributed by atoms with Crippen LogP contribution in [0.5, 0.6) is 0 Å². The standard InChI is InChI=1S/C12H14OS/c14-12(7-13-8-12)11-5-4-9-2-1-3-10(9)6-11/h4-6,14H,1-3,7-8H2. The molecule has 1 nitrogen and oxygen atoms in total. The molecule has 0 radical (unpaired) electrons. The van der Waals surface area contributed by atoms with Gasteiger partial charge in [-0.3, -0.25) is 0 Å². The van der Waals surface area contributed by atoms with Crippen molar-refractivity contribution in [3.8, 4) is 0 Å². The molecule has 1 aromatic carbocycles. The van der Waals surface area contributed by atoms with Crippen LogP contribution in [0.25, 0.3) is 0 Å². The second-order valence-corrected chi connectivity index (χ2v) is 5.22. The summed E-state index contributed by atoms with van der Waals surface area (Å²) in [6, 6.07) is 6.82. The van der Waals surface area contributed by atoms with E-state index >= 15 is 0 Å². The van der Waals surface area contributed by atoms with Gasteiger partial charge in [-0.15, -0.1) is 0 Å². The van der Waals surface area contributed by atoms with Gasteiger partial charge >= 0.3 is 0 Å². The fraction of sp³-hybridized carbons (Fsp3) is 0.500. The van der Waals surface area contributed by atoms with Crippen LogP contribution < -0.4 is 0 Å². The van der Waals surface area contributed by atoms with E-state index in [4.69, 9.17) is 4.74 Å². The average Bonchev–Trinajstić information content (AvgIpc) is 2.60. The Hall–Kier alpha value is -0.470. The summed E-state index contributed by atoms with van der Waals surface area (Å²) in [6.07, 6.45) is 3.81. The van der Waals surface area contributed by atoms with Crippen molar-refractivity contribution >= 4 is 12.6 Å². The third-order valence-corrected chi connectivity index (χ3v) is 3.83. The molecule has 2 aliphatic rings. The summed E-state index contributed by atoms with van der Waals surface area (Å²) in [7, 11) is 0. The minimum atomic E-state index is -0.00236. The van der Waals surface area contributed by atoms with E-state index in [9.17, 15) is 0 Å². The largest absolute Gasteiger partial charge is 0.378 e. The van der Waals surface area contributed by atoms with Crippen LogP contribution in [0.4, 0.5) is 0 Å². The lowest BCUT2D eigenvalue weighted by atomic mass is 9.93. The van der Waals surface area contributed by atoms with Crippen LogP contribution in [0, 0.1) is 0 Å². The summed E-state index contributed by atoms with van der Waals surface area (Å²) >= 11 is 4.68. The minimum absolute atomic E-state index is 0.00236. The van der Waals surface area contributed by atoms with Gasteiger partial charge in [-0.1, -0.05) is 18.2 Å². The van der Waals surface area contributed by atoms with Gasteiger partial charge in [-0.25, -0.2) is 0 Å². The average molecular weight is 206 g/mol. The van der Waals surface area contributed by atoms with Crippen LogP contribution in [0.3, 0.4) is 0 Å². The molecule has 3 rings (SSSR count). The number of hydrogen-bond donors (Lipinski definition) is 1. The number of aryl methyl sites for hydroxylation is 2. The smallest absolute Gasteiger partial charge is 0.0844 e. The molecule has 0 saturated carbocycles. The fourth-order valence-corrected chi connectivity index (χ4v) is 2.65. The lowest BCUT2D eigenvalue weighted by Crippen LogP contribution is -2.41. The number of thiol groups is 1. The topological polar surface area (TPSA) is 9.23 Å². The second-order valence-electron chi connectivity index (χ2n) is 4.36. The van der Waals surface area contributed by atoms with Crippen LogP contribution in [0.15, 0.2) is 18.2 Å². The van der Waals surface area contributed by atoms with Gasteiger partial charge in [0, 0.05) is 0 Å². The van der Waals surface area contributed by atoms with Crippen LogP contribution in [-0.2, 0) is 22.3 Å². The van der Waals surface area contributed by atoms with Crippen LogP contribution in [-0.4, -0.2) is 13.2 Å². The van der Waals surface area contributed by atoms with E-state index in [-0.39, 0.29) is 4.75 Å². The molecule has 0 N–H and O–H groups in total. The van der Waals surface area contributed by atoms with Gasteiger partial charge in [0.2, 0.25) is 0 Å². The van der Waals surface area contributed by atoms with Gasteiger partial charge in [-0.2, -0.15) is 12.6 Å². The maximum atomic E-state index is 5.24. The molecule has 1 saturated heterocycles. The molecule has 0 spiro atoms. The summed E-state index contributed by atoms with van der Waals surface area (Å²) in [5.74, 6) is 0. The number of ether oxygens (including phenoxy) is 1. The summed E-state index contributed by atoms with van der Waals surface area (Å²) in [6.45, 7) is 1.52. The first kappa shape index (κ1) is 8.81. The summed E-state index contributed by atoms with van der Waals surface area (Å²) in [5.41, 5.74) is 4.40. The predicted octanol–water partition coefficient (Wildman–Crippen LogP) is 2.33. The number of benzene rings is 1. The highest BCUT2D eigenvalue weighted by Gasteiger charge is 2.36. The predicted molar refractivity (Wildman–Crippen MR) is 60.0 cm³/mol. The highest BCUT2D eigenvalue weighted by atomic mass is 32.1. The van der Waals surface area contributed by atoms with Gasteiger partial charge in [-0.05, 0) is 36.0 Å². The molecular formula is C12H14OS. The molecule has 1 aliphatic carbocycles. The normalized spacial score (nSPS) is 22.9. The van der Waals surface area contributed by atoms with Crippen molar-refractivity contribution in [1.82, 2.24) is 0 Å². The summed E-state index contributed by atoms with van der Waals surface area (Å²) < 4.78 is 5.23. The lowest BCUT2D eigenvalue weighted by Gasteiger charge is -2.37. The first-order valence-electron chi connectivity index (χ1n) is 5.20. The van der Waals surface area contributed by atoms with E-state index < -0.39 is 0 Å². The molecule has 0 atom stereocenters. The van der Waals surface area contributed by atoms with Crippen LogP contribution >= 0.6 is 12.6 Å². The Morgan fingerprint density at radius 1 is 1.14 bits per heavy atom. The molecule has 1 aromatic rings. The molecule has 0 unspecified atom stereocenters. The first-order valence-corrected chi connectivity index (χ1v) is 5.65. The van der Waals surface area contributed by atoms with Crippen molar-refractivity contribution < 1.29 is 4.74 Å². The zero-order valence-corrected chi connectivity index (χ0v) is 9.02. The van der Waals surface area contributed by atoms with Crippen LogP contribution in [0.2, 0.25) is 0 Å². The molecule has 1 aliphatic heterocycles. The van der Waals surface area contributed by atoms with E-state index in [2.05, 4.69) is 30.8 Å². The number of rotatable bonds is 1. The molecule has 0 aromatic heterocycles. The van der Waals surface area contributed by atoms with Gasteiger partial charge < -0.3 is 4.74 Å². The second kappa shape index (κ2) is 3.01. The third kappa shape index (κ3) is 1.21. The van der Waals surface area contributed by atoms with E-state index in [1.807, 2.05) is 0 Å². The lowest BCUT2D eigenvalue weighted by molar-refractivity contribution is -0.00971. The SMILES string of the molecule is SC1(c2ccc3c(c2)CCC3)COC1. The van der Waals surface area contributed by atoms with Gasteiger partial charge in [0.15, 0.2) is 0 Å². The van der Waals surface area contributed by atoms with Crippen molar-refractivity contribution in [3.63, 3.8) is 0 Å². The molecule has 14 heavy (non-hydrogen) atoms. The Morgan fingerprint density at radius 2 is 1.93 bits per heavy atom. The maximum absolute atomic E-state index is 5.24. The number of fused-ring (bicyclic) bond motifs is 1. The molecule has 0 bridgehead atoms. The Bertz CT molecular complexity index is 369. The molecule has 74 valence electrons. The maximum Gasteiger partial charge on any atom is 0.0844 e.